The van der Waals surface area contributed by atoms with Crippen molar-refractivity contribution in [1.29, 1.82) is 0 Å². The summed E-state index contributed by atoms with van der Waals surface area (Å²) in [5.74, 6) is 0.522. The molecule has 2 unspecified atom stereocenters. The Bertz CT molecular complexity index is 401. The van der Waals surface area contributed by atoms with E-state index in [0.717, 1.165) is 25.6 Å². The maximum atomic E-state index is 12.3. The van der Waals surface area contributed by atoms with Crippen LogP contribution < -0.4 is 10.2 Å². The molecule has 3 aliphatic heterocycles. The van der Waals surface area contributed by atoms with Gasteiger partial charge in [0.25, 0.3) is 0 Å². The van der Waals surface area contributed by atoms with Gasteiger partial charge in [-0.3, -0.25) is 0 Å². The van der Waals surface area contributed by atoms with Crippen LogP contribution in [-0.4, -0.2) is 35.4 Å². The smallest absolute Gasteiger partial charge is 0.352 e. The highest BCUT2D eigenvalue weighted by Gasteiger charge is 2.37. The minimum absolute atomic E-state index is 0.442. The quantitative estimate of drug-likeness (QED) is 0.801. The van der Waals surface area contributed by atoms with E-state index < -0.39 is 11.9 Å². The Morgan fingerprint density at radius 3 is 2.29 bits per heavy atom. The Hall–Kier alpha value is -1.37. The van der Waals surface area contributed by atoms with E-state index >= 15 is 0 Å². The number of hydrogen-bond donors (Lipinski definition) is 1. The summed E-state index contributed by atoms with van der Waals surface area (Å²) in [6, 6.07) is 3.26. The summed E-state index contributed by atoms with van der Waals surface area (Å²) >= 11 is 0. The molecule has 4 rings (SSSR count). The molecule has 3 aliphatic rings. The fraction of sp³-hybridized carbons (Fsp3) is 0.600. The van der Waals surface area contributed by atoms with E-state index in [1.807, 2.05) is 4.90 Å². The third-order valence-electron chi connectivity index (χ3n) is 3.19. The van der Waals surface area contributed by atoms with Gasteiger partial charge in [-0.25, -0.2) is 0 Å². The van der Waals surface area contributed by atoms with Gasteiger partial charge in [-0.15, -0.1) is 10.2 Å². The molecule has 0 aliphatic carbocycles. The zero-order chi connectivity index (χ0) is 12.0. The fourth-order valence-electron chi connectivity index (χ4n) is 2.35. The second kappa shape index (κ2) is 3.56. The number of halogens is 3. The number of alkyl halides is 3. The predicted octanol–water partition coefficient (Wildman–Crippen LogP) is 1.05. The first kappa shape index (κ1) is 10.8. The van der Waals surface area contributed by atoms with Gasteiger partial charge in [0.1, 0.15) is 0 Å². The number of piperidine rings is 1. The van der Waals surface area contributed by atoms with Crippen LogP contribution in [-0.2, 0) is 6.18 Å². The molecule has 17 heavy (non-hydrogen) atoms. The van der Waals surface area contributed by atoms with Gasteiger partial charge in [0, 0.05) is 25.2 Å². The molecule has 0 radical (unpaired) electrons. The molecule has 0 aromatic carbocycles. The standard InChI is InChI=1S/C10H11F3N4/c11-10(12,13)8-1-2-9(16-15-8)17-4-6-3-7(5-17)14-6/h1-2,6-7,14H,3-5H2. The van der Waals surface area contributed by atoms with Gasteiger partial charge in [-0.1, -0.05) is 0 Å². The molecule has 4 heterocycles. The van der Waals surface area contributed by atoms with Gasteiger partial charge in [0.2, 0.25) is 0 Å². The number of anilines is 1. The molecule has 0 spiro atoms. The van der Waals surface area contributed by atoms with Crippen LogP contribution in [0.4, 0.5) is 19.0 Å². The van der Waals surface area contributed by atoms with E-state index in [0.29, 0.717) is 17.9 Å². The SMILES string of the molecule is FC(F)(F)c1ccc(N2CC3CC(C2)N3)nn1. The summed E-state index contributed by atoms with van der Waals surface area (Å²) in [6.45, 7) is 1.58. The molecular weight excluding hydrogens is 233 g/mol. The lowest BCUT2D eigenvalue weighted by Crippen LogP contribution is -2.67. The van der Waals surface area contributed by atoms with Crippen LogP contribution in [0.15, 0.2) is 12.1 Å². The predicted molar refractivity (Wildman–Crippen MR) is 54.6 cm³/mol. The maximum Gasteiger partial charge on any atom is 0.435 e. The lowest BCUT2D eigenvalue weighted by Gasteiger charge is -2.48. The summed E-state index contributed by atoms with van der Waals surface area (Å²) in [7, 11) is 0. The number of fused-ring (bicyclic) bond motifs is 2. The van der Waals surface area contributed by atoms with E-state index in [1.54, 1.807) is 0 Å². The van der Waals surface area contributed by atoms with E-state index in [4.69, 9.17) is 0 Å². The van der Waals surface area contributed by atoms with Gasteiger partial charge in [0.05, 0.1) is 0 Å². The minimum Gasteiger partial charge on any atom is -0.352 e. The highest BCUT2D eigenvalue weighted by molar-refractivity contribution is 5.40. The van der Waals surface area contributed by atoms with Crippen molar-refractivity contribution in [1.82, 2.24) is 15.5 Å². The first-order chi connectivity index (χ1) is 8.02. The molecule has 1 N–H and O–H groups in total. The Balaban J connectivity index is 1.76. The third kappa shape index (κ3) is 1.95. The molecule has 1 aromatic heterocycles. The average Bonchev–Trinajstić information content (AvgIpc) is 2.27. The normalized spacial score (nSPS) is 27.8. The van der Waals surface area contributed by atoms with Crippen LogP contribution in [0, 0.1) is 0 Å². The van der Waals surface area contributed by atoms with Crippen molar-refractivity contribution in [2.45, 2.75) is 24.7 Å². The average molecular weight is 244 g/mol. The molecule has 0 amide bonds. The Morgan fingerprint density at radius 2 is 1.82 bits per heavy atom. The zero-order valence-corrected chi connectivity index (χ0v) is 8.91. The molecule has 2 bridgehead atoms. The molecule has 1 aromatic rings. The number of piperazine rings is 1. The third-order valence-corrected chi connectivity index (χ3v) is 3.19. The van der Waals surface area contributed by atoms with E-state index in [2.05, 4.69) is 15.5 Å². The first-order valence-corrected chi connectivity index (χ1v) is 5.44. The summed E-state index contributed by atoms with van der Waals surface area (Å²) < 4.78 is 36.9. The van der Waals surface area contributed by atoms with Crippen molar-refractivity contribution in [3.05, 3.63) is 17.8 Å². The van der Waals surface area contributed by atoms with Crippen LogP contribution in [0.25, 0.3) is 0 Å². The molecule has 2 atom stereocenters. The number of nitrogens with one attached hydrogen (secondary N) is 1. The van der Waals surface area contributed by atoms with Crippen LogP contribution in [0.2, 0.25) is 0 Å². The largest absolute Gasteiger partial charge is 0.435 e. The van der Waals surface area contributed by atoms with Gasteiger partial charge < -0.3 is 10.2 Å². The number of hydrogen-bond acceptors (Lipinski definition) is 4. The summed E-state index contributed by atoms with van der Waals surface area (Å²) in [5, 5.41) is 10.2. The second-order valence-corrected chi connectivity index (χ2v) is 4.48. The highest BCUT2D eigenvalue weighted by Crippen LogP contribution is 2.29. The maximum absolute atomic E-state index is 12.3. The van der Waals surface area contributed by atoms with Crippen molar-refractivity contribution < 1.29 is 13.2 Å². The Kier molecular flexibility index (Phi) is 2.25. The number of rotatable bonds is 1. The molecular formula is C10H11F3N4. The Morgan fingerprint density at radius 1 is 1.18 bits per heavy atom. The van der Waals surface area contributed by atoms with Crippen LogP contribution in [0.1, 0.15) is 12.1 Å². The molecule has 0 saturated carbocycles. The molecule has 3 saturated heterocycles. The van der Waals surface area contributed by atoms with Crippen LogP contribution >= 0.6 is 0 Å². The molecule has 3 fully saturated rings. The van der Waals surface area contributed by atoms with Crippen molar-refractivity contribution >= 4 is 5.82 Å². The van der Waals surface area contributed by atoms with Crippen LogP contribution in [0.3, 0.4) is 0 Å². The second-order valence-electron chi connectivity index (χ2n) is 4.48. The highest BCUT2D eigenvalue weighted by atomic mass is 19.4. The van der Waals surface area contributed by atoms with E-state index in [1.165, 1.54) is 6.07 Å². The number of aromatic nitrogens is 2. The van der Waals surface area contributed by atoms with Gasteiger partial charge in [0.15, 0.2) is 11.5 Å². The van der Waals surface area contributed by atoms with E-state index in [-0.39, 0.29) is 0 Å². The van der Waals surface area contributed by atoms with Crippen LogP contribution in [0.5, 0.6) is 0 Å². The molecule has 7 heteroatoms. The zero-order valence-electron chi connectivity index (χ0n) is 8.91. The fourth-order valence-corrected chi connectivity index (χ4v) is 2.35. The van der Waals surface area contributed by atoms with Gasteiger partial charge in [-0.2, -0.15) is 13.2 Å². The Labute approximate surface area is 95.8 Å². The number of nitrogens with zero attached hydrogens (tertiary/aromatic N) is 3. The summed E-state index contributed by atoms with van der Waals surface area (Å²) in [6.07, 6.45) is -3.28. The summed E-state index contributed by atoms with van der Waals surface area (Å²) in [5.41, 5.74) is -0.943. The first-order valence-electron chi connectivity index (χ1n) is 5.44. The van der Waals surface area contributed by atoms with Crippen molar-refractivity contribution in [3.8, 4) is 0 Å². The monoisotopic (exact) mass is 244 g/mol. The van der Waals surface area contributed by atoms with Crippen molar-refractivity contribution in [2.24, 2.45) is 0 Å². The lowest BCUT2D eigenvalue weighted by molar-refractivity contribution is -0.141. The topological polar surface area (TPSA) is 41.0 Å². The molecule has 4 nitrogen and oxygen atoms in total. The van der Waals surface area contributed by atoms with Crippen molar-refractivity contribution in [3.63, 3.8) is 0 Å². The van der Waals surface area contributed by atoms with Crippen molar-refractivity contribution in [2.75, 3.05) is 18.0 Å². The minimum atomic E-state index is -4.42. The molecule has 92 valence electrons. The van der Waals surface area contributed by atoms with E-state index in [9.17, 15) is 13.2 Å². The summed E-state index contributed by atoms with van der Waals surface area (Å²) in [4.78, 5) is 1.97. The van der Waals surface area contributed by atoms with Gasteiger partial charge in [-0.05, 0) is 18.6 Å². The van der Waals surface area contributed by atoms with Gasteiger partial charge >= 0.3 is 6.18 Å². The lowest BCUT2D eigenvalue weighted by atomic mass is 9.91.